The van der Waals surface area contributed by atoms with Crippen molar-refractivity contribution in [3.05, 3.63) is 29.6 Å². The maximum absolute atomic E-state index is 12.1. The van der Waals surface area contributed by atoms with Crippen LogP contribution in [0.1, 0.15) is 31.0 Å². The number of aryl methyl sites for hydroxylation is 1. The van der Waals surface area contributed by atoms with E-state index in [9.17, 15) is 9.59 Å². The molecule has 1 aromatic rings. The van der Waals surface area contributed by atoms with Crippen molar-refractivity contribution in [2.75, 3.05) is 6.54 Å². The SMILES string of the molecule is CCc1cccnc1CNC(=O)N1CCCC1C(=O)O. The summed E-state index contributed by atoms with van der Waals surface area (Å²) in [7, 11) is 0. The quantitative estimate of drug-likeness (QED) is 0.871. The van der Waals surface area contributed by atoms with Crippen molar-refractivity contribution in [3.8, 4) is 0 Å². The first-order chi connectivity index (χ1) is 9.63. The summed E-state index contributed by atoms with van der Waals surface area (Å²) >= 11 is 0. The first kappa shape index (κ1) is 14.3. The van der Waals surface area contributed by atoms with Crippen LogP contribution in [0.4, 0.5) is 4.79 Å². The summed E-state index contributed by atoms with van der Waals surface area (Å²) < 4.78 is 0. The Morgan fingerprint density at radius 2 is 2.35 bits per heavy atom. The average Bonchev–Trinajstić information content (AvgIpc) is 2.94. The van der Waals surface area contributed by atoms with Crippen molar-refractivity contribution in [1.29, 1.82) is 0 Å². The molecule has 1 atom stereocenters. The number of pyridine rings is 1. The van der Waals surface area contributed by atoms with Gasteiger partial charge in [-0.1, -0.05) is 13.0 Å². The monoisotopic (exact) mass is 277 g/mol. The fourth-order valence-electron chi connectivity index (χ4n) is 2.48. The number of carbonyl (C=O) groups is 2. The second kappa shape index (κ2) is 6.36. The minimum atomic E-state index is -0.940. The predicted molar refractivity (Wildman–Crippen MR) is 73.2 cm³/mol. The fraction of sp³-hybridized carbons (Fsp3) is 0.500. The molecule has 1 fully saturated rings. The second-order valence-corrected chi connectivity index (χ2v) is 4.81. The number of nitrogens with zero attached hydrogens (tertiary/aromatic N) is 2. The number of carboxylic acids is 1. The van der Waals surface area contributed by atoms with Crippen LogP contribution >= 0.6 is 0 Å². The minimum absolute atomic E-state index is 0.325. The van der Waals surface area contributed by atoms with E-state index in [0.717, 1.165) is 24.1 Å². The Kier molecular flexibility index (Phi) is 4.55. The number of likely N-dealkylation sites (tertiary alicyclic amines) is 1. The molecule has 0 saturated carbocycles. The van der Waals surface area contributed by atoms with E-state index >= 15 is 0 Å². The lowest BCUT2D eigenvalue weighted by molar-refractivity contribution is -0.141. The smallest absolute Gasteiger partial charge is 0.326 e. The number of aromatic nitrogens is 1. The number of urea groups is 1. The van der Waals surface area contributed by atoms with Crippen LogP contribution in [0.25, 0.3) is 0 Å². The Labute approximate surface area is 117 Å². The number of aliphatic carboxylic acids is 1. The van der Waals surface area contributed by atoms with E-state index in [0.29, 0.717) is 19.5 Å². The van der Waals surface area contributed by atoms with Crippen LogP contribution in [0.15, 0.2) is 18.3 Å². The van der Waals surface area contributed by atoms with Crippen molar-refractivity contribution in [1.82, 2.24) is 15.2 Å². The van der Waals surface area contributed by atoms with Crippen LogP contribution in [-0.4, -0.2) is 39.6 Å². The molecule has 2 N–H and O–H groups in total. The normalized spacial score (nSPS) is 18.1. The highest BCUT2D eigenvalue weighted by Gasteiger charge is 2.33. The Morgan fingerprint density at radius 3 is 3.05 bits per heavy atom. The maximum Gasteiger partial charge on any atom is 0.326 e. The second-order valence-electron chi connectivity index (χ2n) is 4.81. The van der Waals surface area contributed by atoms with Gasteiger partial charge in [0.15, 0.2) is 0 Å². The molecule has 1 aliphatic heterocycles. The van der Waals surface area contributed by atoms with Gasteiger partial charge < -0.3 is 15.3 Å². The molecule has 0 bridgehead atoms. The lowest BCUT2D eigenvalue weighted by Gasteiger charge is -2.22. The van der Waals surface area contributed by atoms with Crippen LogP contribution in [-0.2, 0) is 17.8 Å². The number of carboxylic acid groups (broad SMARTS) is 1. The summed E-state index contributed by atoms with van der Waals surface area (Å²) in [5.74, 6) is -0.940. The summed E-state index contributed by atoms with van der Waals surface area (Å²) in [6.45, 7) is 2.85. The van der Waals surface area contributed by atoms with Crippen LogP contribution in [0.2, 0.25) is 0 Å². The number of amides is 2. The molecule has 0 aromatic carbocycles. The first-order valence-corrected chi connectivity index (χ1v) is 6.83. The van der Waals surface area contributed by atoms with Gasteiger partial charge in [0, 0.05) is 12.7 Å². The minimum Gasteiger partial charge on any atom is -0.480 e. The van der Waals surface area contributed by atoms with Gasteiger partial charge in [-0.3, -0.25) is 4.98 Å². The summed E-state index contributed by atoms with van der Waals surface area (Å²) in [6.07, 6.45) is 3.79. The molecular weight excluding hydrogens is 258 g/mol. The molecule has 20 heavy (non-hydrogen) atoms. The largest absolute Gasteiger partial charge is 0.480 e. The van der Waals surface area contributed by atoms with Crippen molar-refractivity contribution in [2.24, 2.45) is 0 Å². The van der Waals surface area contributed by atoms with Gasteiger partial charge in [-0.2, -0.15) is 0 Å². The van der Waals surface area contributed by atoms with Gasteiger partial charge in [-0.05, 0) is 30.9 Å². The third-order valence-corrected chi connectivity index (χ3v) is 3.57. The van der Waals surface area contributed by atoms with E-state index in [1.54, 1.807) is 6.20 Å². The van der Waals surface area contributed by atoms with E-state index in [4.69, 9.17) is 5.11 Å². The number of nitrogens with one attached hydrogen (secondary N) is 1. The molecule has 108 valence electrons. The molecule has 1 unspecified atom stereocenters. The van der Waals surface area contributed by atoms with E-state index in [-0.39, 0.29) is 6.03 Å². The van der Waals surface area contributed by atoms with E-state index in [1.165, 1.54) is 4.90 Å². The molecule has 0 spiro atoms. The lowest BCUT2D eigenvalue weighted by Crippen LogP contribution is -2.45. The van der Waals surface area contributed by atoms with Gasteiger partial charge in [-0.25, -0.2) is 9.59 Å². The van der Waals surface area contributed by atoms with Crippen molar-refractivity contribution >= 4 is 12.0 Å². The number of carbonyl (C=O) groups excluding carboxylic acids is 1. The van der Waals surface area contributed by atoms with E-state index in [1.807, 2.05) is 19.1 Å². The lowest BCUT2D eigenvalue weighted by atomic mass is 10.1. The van der Waals surface area contributed by atoms with Crippen LogP contribution < -0.4 is 5.32 Å². The Balaban J connectivity index is 1.97. The molecule has 6 heteroatoms. The van der Waals surface area contributed by atoms with Crippen LogP contribution in [0.3, 0.4) is 0 Å². The third-order valence-electron chi connectivity index (χ3n) is 3.57. The number of rotatable bonds is 4. The fourth-order valence-corrected chi connectivity index (χ4v) is 2.48. The highest BCUT2D eigenvalue weighted by Crippen LogP contribution is 2.17. The standard InChI is InChI=1S/C14H19N3O3/c1-2-10-5-3-7-15-11(10)9-16-14(20)17-8-4-6-12(17)13(18)19/h3,5,7,12H,2,4,6,8-9H2,1H3,(H,16,20)(H,18,19). The van der Waals surface area contributed by atoms with Gasteiger partial charge in [0.05, 0.1) is 12.2 Å². The Bertz CT molecular complexity index is 504. The van der Waals surface area contributed by atoms with Crippen LogP contribution in [0.5, 0.6) is 0 Å². The number of hydrogen-bond donors (Lipinski definition) is 2. The Hall–Kier alpha value is -2.11. The first-order valence-electron chi connectivity index (χ1n) is 6.83. The zero-order valence-corrected chi connectivity index (χ0v) is 11.5. The molecule has 1 aromatic heterocycles. The highest BCUT2D eigenvalue weighted by molar-refractivity contribution is 5.83. The molecule has 2 amide bonds. The molecule has 2 rings (SSSR count). The highest BCUT2D eigenvalue weighted by atomic mass is 16.4. The molecular formula is C14H19N3O3. The topological polar surface area (TPSA) is 82.5 Å². The summed E-state index contributed by atoms with van der Waals surface area (Å²) in [5, 5.41) is 11.8. The summed E-state index contributed by atoms with van der Waals surface area (Å²) in [5.41, 5.74) is 1.92. The van der Waals surface area contributed by atoms with E-state index < -0.39 is 12.0 Å². The molecule has 0 radical (unpaired) electrons. The molecule has 1 saturated heterocycles. The molecule has 1 aliphatic rings. The van der Waals surface area contributed by atoms with Crippen molar-refractivity contribution < 1.29 is 14.7 Å². The predicted octanol–water partition coefficient (Wildman–Crippen LogP) is 1.40. The van der Waals surface area contributed by atoms with Gasteiger partial charge in [0.25, 0.3) is 0 Å². The summed E-state index contributed by atoms with van der Waals surface area (Å²) in [6, 6.07) is 2.81. The molecule has 2 heterocycles. The zero-order valence-electron chi connectivity index (χ0n) is 11.5. The average molecular weight is 277 g/mol. The molecule has 6 nitrogen and oxygen atoms in total. The third kappa shape index (κ3) is 3.07. The zero-order chi connectivity index (χ0) is 14.5. The van der Waals surface area contributed by atoms with Gasteiger partial charge in [0.1, 0.15) is 6.04 Å². The van der Waals surface area contributed by atoms with Crippen molar-refractivity contribution in [2.45, 2.75) is 38.8 Å². The maximum atomic E-state index is 12.1. The summed E-state index contributed by atoms with van der Waals surface area (Å²) in [4.78, 5) is 28.8. The van der Waals surface area contributed by atoms with Gasteiger partial charge in [-0.15, -0.1) is 0 Å². The molecule has 0 aliphatic carbocycles. The van der Waals surface area contributed by atoms with Crippen molar-refractivity contribution in [3.63, 3.8) is 0 Å². The Morgan fingerprint density at radius 1 is 1.55 bits per heavy atom. The van der Waals surface area contributed by atoms with Gasteiger partial charge >= 0.3 is 12.0 Å². The van der Waals surface area contributed by atoms with Gasteiger partial charge in [0.2, 0.25) is 0 Å². The van der Waals surface area contributed by atoms with Crippen LogP contribution in [0, 0.1) is 0 Å². The van der Waals surface area contributed by atoms with E-state index in [2.05, 4.69) is 10.3 Å². The number of hydrogen-bond acceptors (Lipinski definition) is 3.